The lowest BCUT2D eigenvalue weighted by Crippen LogP contribution is -2.18. The fourth-order valence-electron chi connectivity index (χ4n) is 1.63. The van der Waals surface area contributed by atoms with Crippen LogP contribution in [0.3, 0.4) is 0 Å². The van der Waals surface area contributed by atoms with Crippen molar-refractivity contribution in [2.75, 3.05) is 6.79 Å². The molecule has 4 heteroatoms. The molecule has 1 unspecified atom stereocenters. The van der Waals surface area contributed by atoms with Crippen molar-refractivity contribution >= 4 is 6.29 Å². The molecule has 0 saturated heterocycles. The topological polar surface area (TPSA) is 35.5 Å². The van der Waals surface area contributed by atoms with Crippen molar-refractivity contribution in [3.05, 3.63) is 23.3 Å². The number of rotatable bonds is 2. The molecule has 0 fully saturated rings. The molecule has 0 aromatic heterocycles. The minimum absolute atomic E-state index is 0.141. The lowest BCUT2D eigenvalue weighted by Gasteiger charge is -2.16. The van der Waals surface area contributed by atoms with Crippen LogP contribution in [0.2, 0.25) is 0 Å². The molecule has 0 bridgehead atoms. The highest BCUT2D eigenvalue weighted by Crippen LogP contribution is 2.38. The highest BCUT2D eigenvalue weighted by atomic mass is 19.1. The molecular formula is C11H11FO3. The number of hydrogen-bond donors (Lipinski definition) is 0. The summed E-state index contributed by atoms with van der Waals surface area (Å²) >= 11 is 0. The van der Waals surface area contributed by atoms with Crippen LogP contribution in [0.15, 0.2) is 12.1 Å². The van der Waals surface area contributed by atoms with Gasteiger partial charge < -0.3 is 9.47 Å². The SMILES string of the molecule is Cc1cc2c(cc1C(C)(F)C=O)OCO2. The maximum atomic E-state index is 13.8. The molecule has 1 aliphatic heterocycles. The van der Waals surface area contributed by atoms with E-state index in [9.17, 15) is 9.18 Å². The molecular weight excluding hydrogens is 199 g/mol. The number of carbonyl (C=O) groups excluding carboxylic acids is 1. The van der Waals surface area contributed by atoms with Crippen LogP contribution in [0.4, 0.5) is 4.39 Å². The van der Waals surface area contributed by atoms with Crippen LogP contribution < -0.4 is 9.47 Å². The fraction of sp³-hybridized carbons (Fsp3) is 0.364. The van der Waals surface area contributed by atoms with Gasteiger partial charge in [0.05, 0.1) is 0 Å². The van der Waals surface area contributed by atoms with Gasteiger partial charge in [-0.3, -0.25) is 4.79 Å². The maximum Gasteiger partial charge on any atom is 0.231 e. The Balaban J connectivity index is 2.54. The predicted molar refractivity (Wildman–Crippen MR) is 51.8 cm³/mol. The summed E-state index contributed by atoms with van der Waals surface area (Å²) in [7, 11) is 0. The van der Waals surface area contributed by atoms with Gasteiger partial charge in [-0.1, -0.05) is 0 Å². The largest absolute Gasteiger partial charge is 0.454 e. The van der Waals surface area contributed by atoms with Crippen molar-refractivity contribution in [2.24, 2.45) is 0 Å². The van der Waals surface area contributed by atoms with E-state index in [2.05, 4.69) is 0 Å². The summed E-state index contributed by atoms with van der Waals surface area (Å²) in [5.74, 6) is 1.08. The molecule has 0 amide bonds. The Kier molecular flexibility index (Phi) is 2.14. The van der Waals surface area contributed by atoms with Gasteiger partial charge in [0.15, 0.2) is 23.5 Å². The molecule has 1 aromatic rings. The van der Waals surface area contributed by atoms with E-state index < -0.39 is 5.67 Å². The van der Waals surface area contributed by atoms with Gasteiger partial charge >= 0.3 is 0 Å². The number of aldehydes is 1. The van der Waals surface area contributed by atoms with Gasteiger partial charge in [-0.05, 0) is 31.5 Å². The zero-order valence-corrected chi connectivity index (χ0v) is 8.54. The number of alkyl halides is 1. The third kappa shape index (κ3) is 1.56. The third-order valence-corrected chi connectivity index (χ3v) is 2.47. The van der Waals surface area contributed by atoms with Crippen LogP contribution in [-0.2, 0) is 10.5 Å². The Morgan fingerprint density at radius 3 is 2.60 bits per heavy atom. The van der Waals surface area contributed by atoms with Gasteiger partial charge in [0.1, 0.15) is 0 Å². The van der Waals surface area contributed by atoms with Gasteiger partial charge in [0.25, 0.3) is 0 Å². The Morgan fingerprint density at radius 2 is 2.00 bits per heavy atom. The molecule has 1 aromatic carbocycles. The highest BCUT2D eigenvalue weighted by Gasteiger charge is 2.29. The molecule has 2 rings (SSSR count). The summed E-state index contributed by atoms with van der Waals surface area (Å²) in [6.07, 6.45) is 0.289. The van der Waals surface area contributed by atoms with Crippen LogP contribution in [0.5, 0.6) is 11.5 Å². The van der Waals surface area contributed by atoms with Crippen molar-refractivity contribution in [3.63, 3.8) is 0 Å². The van der Waals surface area contributed by atoms with Crippen molar-refractivity contribution in [3.8, 4) is 11.5 Å². The molecule has 80 valence electrons. The van der Waals surface area contributed by atoms with E-state index in [1.165, 1.54) is 13.0 Å². The fourth-order valence-corrected chi connectivity index (χ4v) is 1.63. The highest BCUT2D eigenvalue weighted by molar-refractivity contribution is 5.68. The molecule has 1 atom stereocenters. The van der Waals surface area contributed by atoms with Crippen molar-refractivity contribution < 1.29 is 18.7 Å². The Bertz CT molecular complexity index is 413. The summed E-state index contributed by atoms with van der Waals surface area (Å²) in [5.41, 5.74) is -0.983. The van der Waals surface area contributed by atoms with Crippen LogP contribution >= 0.6 is 0 Å². The van der Waals surface area contributed by atoms with Gasteiger partial charge in [0, 0.05) is 5.56 Å². The first-order valence-corrected chi connectivity index (χ1v) is 4.60. The first-order valence-electron chi connectivity index (χ1n) is 4.60. The van der Waals surface area contributed by atoms with E-state index in [4.69, 9.17) is 9.47 Å². The van der Waals surface area contributed by atoms with E-state index in [0.717, 1.165) is 0 Å². The monoisotopic (exact) mass is 210 g/mol. The van der Waals surface area contributed by atoms with E-state index >= 15 is 0 Å². The Labute approximate surface area is 86.8 Å². The van der Waals surface area contributed by atoms with Gasteiger partial charge in [-0.15, -0.1) is 0 Å². The average Bonchev–Trinajstić information content (AvgIpc) is 2.63. The standard InChI is InChI=1S/C11H11FO3/c1-7-3-9-10(15-6-14-9)4-8(7)11(2,12)5-13/h3-5H,6H2,1-2H3. The minimum Gasteiger partial charge on any atom is -0.454 e. The van der Waals surface area contributed by atoms with Gasteiger partial charge in [0.2, 0.25) is 6.79 Å². The number of halogens is 1. The van der Waals surface area contributed by atoms with E-state index in [0.29, 0.717) is 22.6 Å². The molecule has 0 N–H and O–H groups in total. The van der Waals surface area contributed by atoms with Crippen LogP contribution in [0.25, 0.3) is 0 Å². The normalized spacial score (nSPS) is 17.3. The molecule has 0 saturated carbocycles. The summed E-state index contributed by atoms with van der Waals surface area (Å²) in [5, 5.41) is 0. The van der Waals surface area contributed by atoms with E-state index in [1.54, 1.807) is 13.0 Å². The zero-order chi connectivity index (χ0) is 11.1. The van der Waals surface area contributed by atoms with Gasteiger partial charge in [-0.25, -0.2) is 4.39 Å². The van der Waals surface area contributed by atoms with Crippen molar-refractivity contribution in [1.82, 2.24) is 0 Å². The number of hydrogen-bond acceptors (Lipinski definition) is 3. The predicted octanol–water partition coefficient (Wildman–Crippen LogP) is 2.11. The molecule has 0 radical (unpaired) electrons. The molecule has 0 spiro atoms. The average molecular weight is 210 g/mol. The zero-order valence-electron chi connectivity index (χ0n) is 8.54. The number of ether oxygens (including phenoxy) is 2. The summed E-state index contributed by atoms with van der Waals surface area (Å²) in [6, 6.07) is 3.20. The second kappa shape index (κ2) is 3.22. The summed E-state index contributed by atoms with van der Waals surface area (Å²) in [4.78, 5) is 10.6. The second-order valence-electron chi connectivity index (χ2n) is 3.71. The molecule has 1 aliphatic rings. The Morgan fingerprint density at radius 1 is 1.40 bits per heavy atom. The van der Waals surface area contributed by atoms with Crippen LogP contribution in [0.1, 0.15) is 18.1 Å². The summed E-state index contributed by atoms with van der Waals surface area (Å²) < 4.78 is 24.1. The summed E-state index contributed by atoms with van der Waals surface area (Å²) in [6.45, 7) is 3.10. The maximum absolute atomic E-state index is 13.8. The van der Waals surface area contributed by atoms with Gasteiger partial charge in [-0.2, -0.15) is 0 Å². The van der Waals surface area contributed by atoms with Crippen LogP contribution in [0, 0.1) is 6.92 Å². The smallest absolute Gasteiger partial charge is 0.231 e. The van der Waals surface area contributed by atoms with Crippen molar-refractivity contribution in [1.29, 1.82) is 0 Å². The van der Waals surface area contributed by atoms with E-state index in [1.807, 2.05) is 0 Å². The van der Waals surface area contributed by atoms with E-state index in [-0.39, 0.29) is 13.1 Å². The Hall–Kier alpha value is -1.58. The quantitative estimate of drug-likeness (QED) is 0.701. The van der Waals surface area contributed by atoms with Crippen LogP contribution in [-0.4, -0.2) is 13.1 Å². The first kappa shape index (κ1) is 9.96. The number of fused-ring (bicyclic) bond motifs is 1. The second-order valence-corrected chi connectivity index (χ2v) is 3.71. The molecule has 1 heterocycles. The minimum atomic E-state index is -1.98. The molecule has 0 aliphatic carbocycles. The number of aryl methyl sites for hydroxylation is 1. The lowest BCUT2D eigenvalue weighted by atomic mass is 9.94. The van der Waals surface area contributed by atoms with Crippen molar-refractivity contribution in [2.45, 2.75) is 19.5 Å². The molecule has 15 heavy (non-hydrogen) atoms. The third-order valence-electron chi connectivity index (χ3n) is 2.47. The first-order chi connectivity index (χ1) is 7.04. The molecule has 3 nitrogen and oxygen atoms in total. The number of carbonyl (C=O) groups is 1. The lowest BCUT2D eigenvalue weighted by molar-refractivity contribution is -0.117. The number of benzene rings is 1.